The minimum atomic E-state index is -0.163. The second-order valence-corrected chi connectivity index (χ2v) is 5.35. The van der Waals surface area contributed by atoms with Gasteiger partial charge >= 0.3 is 0 Å². The second kappa shape index (κ2) is 8.39. The zero-order chi connectivity index (χ0) is 15.8. The van der Waals surface area contributed by atoms with Crippen molar-refractivity contribution in [2.45, 2.75) is 26.4 Å². The highest BCUT2D eigenvalue weighted by molar-refractivity contribution is 5.92. The van der Waals surface area contributed by atoms with E-state index in [-0.39, 0.29) is 30.9 Å². The van der Waals surface area contributed by atoms with Gasteiger partial charge in [0.1, 0.15) is 0 Å². The summed E-state index contributed by atoms with van der Waals surface area (Å²) in [5, 5.41) is 5.58. The molecule has 0 fully saturated rings. The number of likely N-dealkylation sites (N-methyl/N-ethyl adjacent to an activating group) is 1. The summed E-state index contributed by atoms with van der Waals surface area (Å²) in [6.45, 7) is 4.57. The molecule has 1 aromatic rings. The van der Waals surface area contributed by atoms with E-state index in [0.29, 0.717) is 12.2 Å². The highest BCUT2D eigenvalue weighted by atomic mass is 16.2. The average molecular weight is 292 g/mol. The van der Waals surface area contributed by atoms with Gasteiger partial charge in [0, 0.05) is 18.3 Å². The third kappa shape index (κ3) is 6.87. The Morgan fingerprint density at radius 2 is 1.90 bits per heavy atom. The summed E-state index contributed by atoms with van der Waals surface area (Å²) in [6, 6.07) is 7.49. The molecular formula is C15H24N4O2. The highest BCUT2D eigenvalue weighted by Crippen LogP contribution is 2.09. The Labute approximate surface area is 125 Å². The number of benzene rings is 1. The minimum Gasteiger partial charge on any atom is -0.353 e. The topological polar surface area (TPSA) is 87.5 Å². The molecule has 0 unspecified atom stereocenters. The van der Waals surface area contributed by atoms with Gasteiger partial charge in [-0.2, -0.15) is 0 Å². The summed E-state index contributed by atoms with van der Waals surface area (Å²) < 4.78 is 0. The van der Waals surface area contributed by atoms with Crippen LogP contribution in [0.5, 0.6) is 0 Å². The number of hydrogen-bond donors (Lipinski definition) is 3. The first-order chi connectivity index (χ1) is 9.90. The third-order valence-electron chi connectivity index (χ3n) is 2.72. The lowest BCUT2D eigenvalue weighted by Crippen LogP contribution is -2.41. The fraction of sp³-hybridized carbons (Fsp3) is 0.467. The molecule has 0 radical (unpaired) electrons. The van der Waals surface area contributed by atoms with Crippen molar-refractivity contribution in [3.05, 3.63) is 29.8 Å². The monoisotopic (exact) mass is 292 g/mol. The molecule has 4 N–H and O–H groups in total. The molecule has 0 saturated carbocycles. The molecule has 0 aliphatic carbocycles. The Hall–Kier alpha value is -1.92. The van der Waals surface area contributed by atoms with Crippen molar-refractivity contribution in [2.75, 3.05) is 25.5 Å². The number of anilines is 1. The van der Waals surface area contributed by atoms with E-state index in [2.05, 4.69) is 10.6 Å². The van der Waals surface area contributed by atoms with Crippen LogP contribution in [0.15, 0.2) is 24.3 Å². The summed E-state index contributed by atoms with van der Waals surface area (Å²) in [4.78, 5) is 25.2. The Morgan fingerprint density at radius 1 is 1.24 bits per heavy atom. The van der Waals surface area contributed by atoms with Gasteiger partial charge in [0.2, 0.25) is 11.8 Å². The Kier molecular flexibility index (Phi) is 6.84. The van der Waals surface area contributed by atoms with E-state index in [1.807, 2.05) is 38.1 Å². The zero-order valence-corrected chi connectivity index (χ0v) is 12.8. The van der Waals surface area contributed by atoms with Gasteiger partial charge in [0.15, 0.2) is 0 Å². The number of carbonyl (C=O) groups is 2. The van der Waals surface area contributed by atoms with Crippen LogP contribution in [0.3, 0.4) is 0 Å². The molecule has 1 aromatic carbocycles. The van der Waals surface area contributed by atoms with E-state index >= 15 is 0 Å². The summed E-state index contributed by atoms with van der Waals surface area (Å²) in [7, 11) is 1.73. The van der Waals surface area contributed by atoms with Crippen molar-refractivity contribution in [3.63, 3.8) is 0 Å². The number of nitrogens with one attached hydrogen (secondary N) is 2. The number of nitrogens with two attached hydrogens (primary N) is 1. The SMILES string of the molecule is CC(C)NC(=O)CN(C)CC(=O)Nc1cccc(CN)c1. The van der Waals surface area contributed by atoms with Crippen LogP contribution in [0.4, 0.5) is 5.69 Å². The molecule has 6 heteroatoms. The molecule has 0 bridgehead atoms. The van der Waals surface area contributed by atoms with Crippen molar-refractivity contribution in [1.82, 2.24) is 10.2 Å². The average Bonchev–Trinajstić information content (AvgIpc) is 2.37. The van der Waals surface area contributed by atoms with E-state index in [0.717, 1.165) is 5.56 Å². The van der Waals surface area contributed by atoms with Crippen LogP contribution in [0.1, 0.15) is 19.4 Å². The fourth-order valence-corrected chi connectivity index (χ4v) is 1.89. The summed E-state index contributed by atoms with van der Waals surface area (Å²) >= 11 is 0. The van der Waals surface area contributed by atoms with Gasteiger partial charge in [-0.3, -0.25) is 14.5 Å². The first kappa shape index (κ1) is 17.1. The molecule has 0 spiro atoms. The van der Waals surface area contributed by atoms with Crippen LogP contribution in [-0.4, -0.2) is 42.9 Å². The number of hydrogen-bond acceptors (Lipinski definition) is 4. The molecule has 0 heterocycles. The molecule has 0 atom stereocenters. The molecule has 21 heavy (non-hydrogen) atoms. The first-order valence-corrected chi connectivity index (χ1v) is 6.97. The lowest BCUT2D eigenvalue weighted by Gasteiger charge is -2.17. The third-order valence-corrected chi connectivity index (χ3v) is 2.72. The number of nitrogens with zero attached hydrogens (tertiary/aromatic N) is 1. The number of rotatable bonds is 7. The Balaban J connectivity index is 2.43. The van der Waals surface area contributed by atoms with E-state index in [1.165, 1.54) is 0 Å². The maximum Gasteiger partial charge on any atom is 0.238 e. The van der Waals surface area contributed by atoms with E-state index in [9.17, 15) is 9.59 Å². The van der Waals surface area contributed by atoms with Crippen molar-refractivity contribution >= 4 is 17.5 Å². The Morgan fingerprint density at radius 3 is 2.52 bits per heavy atom. The van der Waals surface area contributed by atoms with Crippen LogP contribution >= 0.6 is 0 Å². The van der Waals surface area contributed by atoms with Crippen LogP contribution in [-0.2, 0) is 16.1 Å². The minimum absolute atomic E-state index is 0.0922. The summed E-state index contributed by atoms with van der Waals surface area (Å²) in [6.07, 6.45) is 0. The van der Waals surface area contributed by atoms with Crippen molar-refractivity contribution < 1.29 is 9.59 Å². The van der Waals surface area contributed by atoms with Gasteiger partial charge in [-0.1, -0.05) is 12.1 Å². The molecule has 0 aliphatic rings. The first-order valence-electron chi connectivity index (χ1n) is 6.97. The van der Waals surface area contributed by atoms with Crippen molar-refractivity contribution in [1.29, 1.82) is 0 Å². The molecule has 6 nitrogen and oxygen atoms in total. The van der Waals surface area contributed by atoms with Gasteiger partial charge in [-0.05, 0) is 38.6 Å². The standard InChI is InChI=1S/C15H24N4O2/c1-11(2)17-14(20)9-19(3)10-15(21)18-13-6-4-5-12(7-13)8-16/h4-7,11H,8-10,16H2,1-3H3,(H,17,20)(H,18,21). The number of amides is 2. The van der Waals surface area contributed by atoms with Gasteiger partial charge in [0.05, 0.1) is 13.1 Å². The molecule has 1 rings (SSSR count). The molecule has 116 valence electrons. The van der Waals surface area contributed by atoms with Crippen molar-refractivity contribution in [3.8, 4) is 0 Å². The maximum atomic E-state index is 11.9. The second-order valence-electron chi connectivity index (χ2n) is 5.35. The van der Waals surface area contributed by atoms with Gasteiger partial charge in [-0.15, -0.1) is 0 Å². The highest BCUT2D eigenvalue weighted by Gasteiger charge is 2.11. The zero-order valence-electron chi connectivity index (χ0n) is 12.8. The van der Waals surface area contributed by atoms with Crippen LogP contribution in [0, 0.1) is 0 Å². The summed E-state index contributed by atoms with van der Waals surface area (Å²) in [5.74, 6) is -0.255. The van der Waals surface area contributed by atoms with Crippen LogP contribution in [0.25, 0.3) is 0 Å². The maximum absolute atomic E-state index is 11.9. The lowest BCUT2D eigenvalue weighted by molar-refractivity contribution is -0.123. The van der Waals surface area contributed by atoms with Gasteiger partial charge in [-0.25, -0.2) is 0 Å². The predicted molar refractivity (Wildman–Crippen MR) is 83.7 cm³/mol. The molecule has 0 saturated heterocycles. The number of carbonyl (C=O) groups excluding carboxylic acids is 2. The molecular weight excluding hydrogens is 268 g/mol. The predicted octanol–water partition coefficient (Wildman–Crippen LogP) is 0.540. The van der Waals surface area contributed by atoms with Gasteiger partial charge in [0.25, 0.3) is 0 Å². The molecule has 0 aromatic heterocycles. The van der Waals surface area contributed by atoms with E-state index in [1.54, 1.807) is 11.9 Å². The van der Waals surface area contributed by atoms with Crippen LogP contribution < -0.4 is 16.4 Å². The Bertz CT molecular complexity index is 488. The fourth-order valence-electron chi connectivity index (χ4n) is 1.89. The van der Waals surface area contributed by atoms with Gasteiger partial charge < -0.3 is 16.4 Å². The quantitative estimate of drug-likeness (QED) is 0.684. The summed E-state index contributed by atoms with van der Waals surface area (Å²) in [5.41, 5.74) is 7.23. The molecule has 2 amide bonds. The normalized spacial score (nSPS) is 10.8. The van der Waals surface area contributed by atoms with Crippen molar-refractivity contribution in [2.24, 2.45) is 5.73 Å². The van der Waals surface area contributed by atoms with E-state index < -0.39 is 0 Å². The largest absolute Gasteiger partial charge is 0.353 e. The molecule has 0 aliphatic heterocycles. The van der Waals surface area contributed by atoms with E-state index in [4.69, 9.17) is 5.73 Å². The smallest absolute Gasteiger partial charge is 0.238 e. The lowest BCUT2D eigenvalue weighted by atomic mass is 10.2. The van der Waals surface area contributed by atoms with Crippen LogP contribution in [0.2, 0.25) is 0 Å².